The summed E-state index contributed by atoms with van der Waals surface area (Å²) in [6.07, 6.45) is 2.57. The lowest BCUT2D eigenvalue weighted by Crippen LogP contribution is -2.17. The first-order chi connectivity index (χ1) is 9.61. The summed E-state index contributed by atoms with van der Waals surface area (Å²) in [5, 5.41) is 8.12. The van der Waals surface area contributed by atoms with Gasteiger partial charge in [-0.15, -0.1) is 0 Å². The van der Waals surface area contributed by atoms with Gasteiger partial charge in [-0.25, -0.2) is 4.98 Å². The van der Waals surface area contributed by atoms with Crippen LogP contribution in [0.15, 0.2) is 29.4 Å². The van der Waals surface area contributed by atoms with E-state index in [4.69, 9.17) is 0 Å². The summed E-state index contributed by atoms with van der Waals surface area (Å²) in [5.74, 6) is 1.08. The van der Waals surface area contributed by atoms with Crippen LogP contribution in [0, 0.1) is 6.92 Å². The number of carbonyl (C=O) groups is 1. The molecule has 0 unspecified atom stereocenters. The Morgan fingerprint density at radius 1 is 1.45 bits per heavy atom. The van der Waals surface area contributed by atoms with Gasteiger partial charge in [0.15, 0.2) is 0 Å². The molecule has 5 nitrogen and oxygen atoms in total. The normalized spacial score (nSPS) is 10.6. The first-order valence-corrected chi connectivity index (χ1v) is 7.46. The van der Waals surface area contributed by atoms with Crippen LogP contribution in [-0.4, -0.2) is 26.4 Å². The second-order valence-electron chi connectivity index (χ2n) is 4.39. The summed E-state index contributed by atoms with van der Waals surface area (Å²) in [4.78, 5) is 16.2. The van der Waals surface area contributed by atoms with E-state index in [0.717, 1.165) is 28.5 Å². The zero-order valence-electron chi connectivity index (χ0n) is 11.9. The molecule has 0 aromatic carbocycles. The third kappa shape index (κ3) is 3.39. The quantitative estimate of drug-likeness (QED) is 0.859. The fraction of sp³-hybridized carbons (Fsp3) is 0.357. The van der Waals surface area contributed by atoms with Crippen molar-refractivity contribution in [2.45, 2.75) is 25.3 Å². The van der Waals surface area contributed by atoms with Crippen LogP contribution in [0.3, 0.4) is 0 Å². The zero-order valence-corrected chi connectivity index (χ0v) is 12.7. The molecule has 0 atom stereocenters. The molecule has 1 N–H and O–H groups in total. The first kappa shape index (κ1) is 14.6. The summed E-state index contributed by atoms with van der Waals surface area (Å²) >= 11 is 1.42. The van der Waals surface area contributed by atoms with Crippen LogP contribution < -0.4 is 5.32 Å². The number of thioether (sulfide) groups is 1. The average molecular weight is 290 g/mol. The van der Waals surface area contributed by atoms with E-state index in [-0.39, 0.29) is 5.91 Å². The topological polar surface area (TPSA) is 59.8 Å². The van der Waals surface area contributed by atoms with E-state index in [0.29, 0.717) is 5.75 Å². The standard InChI is InChI=1S/C14H18N4OS/c1-4-11-10(2)17-18(3)14(11)16-12(19)9-20-13-7-5-6-8-15-13/h5-8H,4,9H2,1-3H3,(H,16,19). The summed E-state index contributed by atoms with van der Waals surface area (Å²) in [7, 11) is 1.84. The molecule has 0 spiro atoms. The molecule has 2 aromatic heterocycles. The third-order valence-corrected chi connectivity index (χ3v) is 3.89. The molecule has 106 valence electrons. The predicted octanol–water partition coefficient (Wildman–Crippen LogP) is 2.42. The van der Waals surface area contributed by atoms with Crippen molar-refractivity contribution in [3.05, 3.63) is 35.7 Å². The lowest BCUT2D eigenvalue weighted by molar-refractivity contribution is -0.113. The minimum atomic E-state index is -0.0432. The molecule has 2 heterocycles. The SMILES string of the molecule is CCc1c(C)nn(C)c1NC(=O)CSc1ccccn1. The number of hydrogen-bond acceptors (Lipinski definition) is 4. The minimum absolute atomic E-state index is 0.0432. The van der Waals surface area contributed by atoms with E-state index in [1.165, 1.54) is 11.8 Å². The number of rotatable bonds is 5. The number of anilines is 1. The van der Waals surface area contributed by atoms with Gasteiger partial charge in [-0.3, -0.25) is 9.48 Å². The van der Waals surface area contributed by atoms with Crippen molar-refractivity contribution in [1.82, 2.24) is 14.8 Å². The molecule has 20 heavy (non-hydrogen) atoms. The Bertz CT molecular complexity index is 595. The summed E-state index contributed by atoms with van der Waals surface area (Å²) in [6.45, 7) is 4.01. The number of aromatic nitrogens is 3. The Labute approximate surface area is 122 Å². The number of carbonyl (C=O) groups excluding carboxylic acids is 1. The highest BCUT2D eigenvalue weighted by atomic mass is 32.2. The molecule has 0 aliphatic rings. The van der Waals surface area contributed by atoms with Crippen LogP contribution in [0.2, 0.25) is 0 Å². The van der Waals surface area contributed by atoms with E-state index >= 15 is 0 Å². The fourth-order valence-electron chi connectivity index (χ4n) is 2.02. The van der Waals surface area contributed by atoms with Crippen molar-refractivity contribution in [2.75, 3.05) is 11.1 Å². The van der Waals surface area contributed by atoms with Crippen LogP contribution >= 0.6 is 11.8 Å². The molecule has 0 bridgehead atoms. The van der Waals surface area contributed by atoms with Crippen molar-refractivity contribution in [3.8, 4) is 0 Å². The van der Waals surface area contributed by atoms with Crippen LogP contribution in [-0.2, 0) is 18.3 Å². The Hall–Kier alpha value is -1.82. The largest absolute Gasteiger partial charge is 0.310 e. The Kier molecular flexibility index (Phi) is 4.79. The van der Waals surface area contributed by atoms with E-state index in [9.17, 15) is 4.79 Å². The summed E-state index contributed by atoms with van der Waals surface area (Å²) < 4.78 is 1.72. The van der Waals surface area contributed by atoms with Crippen LogP contribution in [0.25, 0.3) is 0 Å². The Morgan fingerprint density at radius 3 is 2.90 bits per heavy atom. The van der Waals surface area contributed by atoms with E-state index < -0.39 is 0 Å². The molecule has 2 rings (SSSR count). The van der Waals surface area contributed by atoms with Crippen molar-refractivity contribution < 1.29 is 4.79 Å². The molecular weight excluding hydrogens is 272 g/mol. The monoisotopic (exact) mass is 290 g/mol. The first-order valence-electron chi connectivity index (χ1n) is 6.48. The Morgan fingerprint density at radius 2 is 2.25 bits per heavy atom. The average Bonchev–Trinajstić information content (AvgIpc) is 2.71. The van der Waals surface area contributed by atoms with Crippen LogP contribution in [0.4, 0.5) is 5.82 Å². The molecule has 0 radical (unpaired) electrons. The molecule has 0 aliphatic carbocycles. The van der Waals surface area contributed by atoms with Crippen molar-refractivity contribution in [1.29, 1.82) is 0 Å². The molecular formula is C14H18N4OS. The van der Waals surface area contributed by atoms with Crippen molar-refractivity contribution >= 4 is 23.5 Å². The number of amides is 1. The highest BCUT2D eigenvalue weighted by Gasteiger charge is 2.14. The van der Waals surface area contributed by atoms with Gasteiger partial charge < -0.3 is 5.32 Å². The number of pyridine rings is 1. The van der Waals surface area contributed by atoms with Crippen LogP contribution in [0.5, 0.6) is 0 Å². The van der Waals surface area contributed by atoms with Gasteiger partial charge in [0.25, 0.3) is 0 Å². The summed E-state index contributed by atoms with van der Waals surface area (Å²) in [6, 6.07) is 5.66. The highest BCUT2D eigenvalue weighted by molar-refractivity contribution is 7.99. The minimum Gasteiger partial charge on any atom is -0.310 e. The fourth-order valence-corrected chi connectivity index (χ4v) is 2.68. The molecule has 1 amide bonds. The van der Waals surface area contributed by atoms with Gasteiger partial charge >= 0.3 is 0 Å². The second kappa shape index (κ2) is 6.56. The van der Waals surface area contributed by atoms with Gasteiger partial charge in [-0.1, -0.05) is 24.8 Å². The van der Waals surface area contributed by atoms with E-state index in [1.54, 1.807) is 10.9 Å². The van der Waals surface area contributed by atoms with Gasteiger partial charge in [0.1, 0.15) is 5.82 Å². The van der Waals surface area contributed by atoms with Gasteiger partial charge in [-0.05, 0) is 25.5 Å². The zero-order chi connectivity index (χ0) is 14.5. The molecule has 0 fully saturated rings. The lowest BCUT2D eigenvalue weighted by atomic mass is 10.2. The molecule has 2 aromatic rings. The number of aryl methyl sites for hydroxylation is 2. The smallest absolute Gasteiger partial charge is 0.235 e. The number of nitrogens with zero attached hydrogens (tertiary/aromatic N) is 3. The van der Waals surface area contributed by atoms with Gasteiger partial charge in [-0.2, -0.15) is 5.10 Å². The lowest BCUT2D eigenvalue weighted by Gasteiger charge is -2.07. The molecule has 0 saturated heterocycles. The maximum absolute atomic E-state index is 12.0. The van der Waals surface area contributed by atoms with Crippen molar-refractivity contribution in [2.24, 2.45) is 7.05 Å². The summed E-state index contributed by atoms with van der Waals surface area (Å²) in [5.41, 5.74) is 2.05. The number of nitrogens with one attached hydrogen (secondary N) is 1. The maximum atomic E-state index is 12.0. The maximum Gasteiger partial charge on any atom is 0.235 e. The van der Waals surface area contributed by atoms with Gasteiger partial charge in [0, 0.05) is 18.8 Å². The van der Waals surface area contributed by atoms with Crippen molar-refractivity contribution in [3.63, 3.8) is 0 Å². The Balaban J connectivity index is 1.98. The van der Waals surface area contributed by atoms with Gasteiger partial charge in [0.2, 0.25) is 5.91 Å². The molecule has 0 saturated carbocycles. The predicted molar refractivity (Wildman–Crippen MR) is 80.9 cm³/mol. The van der Waals surface area contributed by atoms with E-state index in [2.05, 4.69) is 22.3 Å². The third-order valence-electron chi connectivity index (χ3n) is 2.95. The van der Waals surface area contributed by atoms with Gasteiger partial charge in [0.05, 0.1) is 16.5 Å². The molecule has 0 aliphatic heterocycles. The number of hydrogen-bond donors (Lipinski definition) is 1. The highest BCUT2D eigenvalue weighted by Crippen LogP contribution is 2.20. The van der Waals surface area contributed by atoms with E-state index in [1.807, 2.05) is 32.2 Å². The second-order valence-corrected chi connectivity index (χ2v) is 5.39. The molecule has 6 heteroatoms. The van der Waals surface area contributed by atoms with Crippen LogP contribution in [0.1, 0.15) is 18.2 Å².